The highest BCUT2D eigenvalue weighted by molar-refractivity contribution is 9.10. The smallest absolute Gasteiger partial charge is 0.352 e. The number of aromatic carboxylic acids is 1. The number of carbonyl (C=O) groups is 2. The monoisotopic (exact) mass is 343 g/mol. The van der Waals surface area contributed by atoms with Crippen LogP contribution in [0.4, 0.5) is 8.78 Å². The van der Waals surface area contributed by atoms with E-state index in [1.54, 1.807) is 0 Å². The molecule has 1 heterocycles. The van der Waals surface area contributed by atoms with Gasteiger partial charge in [0.25, 0.3) is 0 Å². The molecule has 2 rings (SSSR count). The van der Waals surface area contributed by atoms with E-state index in [0.29, 0.717) is 0 Å². The van der Waals surface area contributed by atoms with Crippen molar-refractivity contribution >= 4 is 27.7 Å². The molecule has 2 aromatic rings. The number of hydrogen-bond donors (Lipinski definition) is 1. The Hall–Kier alpha value is -2.02. The number of carbonyl (C=O) groups excluding carboxylic acids is 1. The maximum absolute atomic E-state index is 13.9. The zero-order valence-electron chi connectivity index (χ0n) is 10.2. The molecule has 0 bridgehead atoms. The molecule has 0 amide bonds. The third-order valence-corrected chi connectivity index (χ3v) is 3.13. The molecule has 0 spiro atoms. The molecule has 7 heteroatoms. The molecule has 1 aromatic heterocycles. The minimum Gasteiger partial charge on any atom is -0.477 e. The van der Waals surface area contributed by atoms with E-state index in [1.807, 2.05) is 0 Å². The van der Waals surface area contributed by atoms with E-state index in [9.17, 15) is 18.4 Å². The number of rotatable bonds is 3. The fourth-order valence-electron chi connectivity index (χ4n) is 1.77. The lowest BCUT2D eigenvalue weighted by Gasteiger charge is -2.09. The first-order valence-electron chi connectivity index (χ1n) is 5.42. The first kappa shape index (κ1) is 14.4. The molecule has 0 unspecified atom stereocenters. The molecule has 0 aliphatic carbocycles. The van der Waals surface area contributed by atoms with Crippen LogP contribution >= 0.6 is 15.9 Å². The number of nitrogens with zero attached hydrogens (tertiary/aromatic N) is 1. The first-order valence-corrected chi connectivity index (χ1v) is 6.22. The van der Waals surface area contributed by atoms with Gasteiger partial charge in [0.15, 0.2) is 17.4 Å². The molecule has 0 atom stereocenters. The van der Waals surface area contributed by atoms with E-state index < -0.39 is 34.8 Å². The van der Waals surface area contributed by atoms with E-state index >= 15 is 0 Å². The molecule has 0 aliphatic heterocycles. The Bertz CT molecular complexity index is 701. The van der Waals surface area contributed by atoms with Crippen molar-refractivity contribution in [2.24, 2.45) is 0 Å². The van der Waals surface area contributed by atoms with Crippen molar-refractivity contribution in [2.75, 3.05) is 0 Å². The molecular formula is C13H8BrF2NO3. The van der Waals surface area contributed by atoms with Crippen LogP contribution in [0.25, 0.3) is 5.69 Å². The summed E-state index contributed by atoms with van der Waals surface area (Å²) in [5.74, 6) is -3.67. The zero-order chi connectivity index (χ0) is 15.0. The number of carboxylic acid groups (broad SMARTS) is 1. The van der Waals surface area contributed by atoms with Gasteiger partial charge in [-0.1, -0.05) is 15.9 Å². The zero-order valence-corrected chi connectivity index (χ0v) is 11.7. The number of halogens is 3. The number of ketones is 1. The lowest BCUT2D eigenvalue weighted by Crippen LogP contribution is -2.09. The molecule has 1 aromatic carbocycles. The highest BCUT2D eigenvalue weighted by atomic mass is 79.9. The Morgan fingerprint density at radius 2 is 1.75 bits per heavy atom. The van der Waals surface area contributed by atoms with Crippen molar-refractivity contribution in [3.05, 3.63) is 51.8 Å². The van der Waals surface area contributed by atoms with Gasteiger partial charge in [0.05, 0.1) is 0 Å². The van der Waals surface area contributed by atoms with Gasteiger partial charge in [-0.15, -0.1) is 0 Å². The fourth-order valence-corrected chi connectivity index (χ4v) is 2.17. The normalized spacial score (nSPS) is 10.6. The average Bonchev–Trinajstić information content (AvgIpc) is 2.72. The third-order valence-electron chi connectivity index (χ3n) is 2.67. The van der Waals surface area contributed by atoms with Crippen molar-refractivity contribution in [2.45, 2.75) is 6.92 Å². The van der Waals surface area contributed by atoms with Crippen molar-refractivity contribution in [1.29, 1.82) is 0 Å². The lowest BCUT2D eigenvalue weighted by atomic mass is 10.2. The molecule has 0 fully saturated rings. The summed E-state index contributed by atoms with van der Waals surface area (Å²) in [5.41, 5.74) is -0.877. The number of benzene rings is 1. The maximum Gasteiger partial charge on any atom is 0.352 e. The number of carboxylic acids is 1. The van der Waals surface area contributed by atoms with Crippen LogP contribution in [0.5, 0.6) is 0 Å². The predicted molar refractivity (Wildman–Crippen MR) is 70.3 cm³/mol. The first-order chi connectivity index (χ1) is 9.31. The van der Waals surface area contributed by atoms with Crippen LogP contribution in [0.1, 0.15) is 27.8 Å². The van der Waals surface area contributed by atoms with Crippen molar-refractivity contribution < 1.29 is 23.5 Å². The van der Waals surface area contributed by atoms with Crippen molar-refractivity contribution in [1.82, 2.24) is 4.57 Å². The average molecular weight is 344 g/mol. The van der Waals surface area contributed by atoms with E-state index in [-0.39, 0.29) is 10.0 Å². The molecule has 1 N–H and O–H groups in total. The van der Waals surface area contributed by atoms with Gasteiger partial charge in [-0.25, -0.2) is 13.6 Å². The Morgan fingerprint density at radius 1 is 1.20 bits per heavy atom. The second-order valence-corrected chi connectivity index (χ2v) is 4.98. The van der Waals surface area contributed by atoms with Crippen LogP contribution in [0, 0.1) is 11.6 Å². The standard InChI is InChI=1S/C13H8BrF2NO3/c1-6(18)7-2-11(13(19)20)17(5-7)12-9(15)3-8(14)4-10(12)16/h2-5H,1H3,(H,19,20). The number of aromatic nitrogens is 1. The summed E-state index contributed by atoms with van der Waals surface area (Å²) < 4.78 is 28.8. The van der Waals surface area contributed by atoms with Gasteiger partial charge in [0.1, 0.15) is 11.4 Å². The van der Waals surface area contributed by atoms with Crippen LogP contribution in [-0.2, 0) is 0 Å². The van der Waals surface area contributed by atoms with Crippen molar-refractivity contribution in [3.63, 3.8) is 0 Å². The second kappa shape index (κ2) is 5.16. The maximum atomic E-state index is 13.9. The molecule has 0 aliphatic rings. The lowest BCUT2D eigenvalue weighted by molar-refractivity contribution is 0.0688. The van der Waals surface area contributed by atoms with E-state index in [4.69, 9.17) is 5.11 Å². The van der Waals surface area contributed by atoms with Gasteiger partial charge < -0.3 is 9.67 Å². The van der Waals surface area contributed by atoms with Gasteiger partial charge in [-0.05, 0) is 25.1 Å². The van der Waals surface area contributed by atoms with E-state index in [1.165, 1.54) is 6.92 Å². The van der Waals surface area contributed by atoms with Gasteiger partial charge in [0, 0.05) is 16.2 Å². The predicted octanol–water partition coefficient (Wildman–Crippen LogP) is 3.42. The molecule has 0 saturated carbocycles. The summed E-state index contributed by atoms with van der Waals surface area (Å²) in [6.45, 7) is 1.24. The van der Waals surface area contributed by atoms with Gasteiger partial charge in [0.2, 0.25) is 0 Å². The molecule has 20 heavy (non-hydrogen) atoms. The molecule has 0 saturated heterocycles. The van der Waals surface area contributed by atoms with E-state index in [0.717, 1.165) is 29.0 Å². The summed E-state index contributed by atoms with van der Waals surface area (Å²) in [5, 5.41) is 9.07. The summed E-state index contributed by atoms with van der Waals surface area (Å²) in [7, 11) is 0. The SMILES string of the molecule is CC(=O)c1cc(C(=O)O)n(-c2c(F)cc(Br)cc2F)c1. The highest BCUT2D eigenvalue weighted by Crippen LogP contribution is 2.25. The largest absolute Gasteiger partial charge is 0.477 e. The number of hydrogen-bond acceptors (Lipinski definition) is 2. The van der Waals surface area contributed by atoms with Crippen LogP contribution in [0.2, 0.25) is 0 Å². The molecule has 0 radical (unpaired) electrons. The molecule has 4 nitrogen and oxygen atoms in total. The third kappa shape index (κ3) is 2.49. The summed E-state index contributed by atoms with van der Waals surface area (Å²) in [6, 6.07) is 3.10. The van der Waals surface area contributed by atoms with E-state index in [2.05, 4.69) is 15.9 Å². The summed E-state index contributed by atoms with van der Waals surface area (Å²) in [4.78, 5) is 22.4. The minimum absolute atomic E-state index is 0.0594. The van der Waals surface area contributed by atoms with Gasteiger partial charge in [-0.2, -0.15) is 0 Å². The van der Waals surface area contributed by atoms with Crippen LogP contribution in [0.3, 0.4) is 0 Å². The van der Waals surface area contributed by atoms with Crippen molar-refractivity contribution in [3.8, 4) is 5.69 Å². The summed E-state index contributed by atoms with van der Waals surface area (Å²) in [6.07, 6.45) is 1.10. The topological polar surface area (TPSA) is 59.3 Å². The quantitative estimate of drug-likeness (QED) is 0.868. The number of Topliss-reactive ketones (excluding diaryl/α,β-unsaturated/α-hetero) is 1. The fraction of sp³-hybridized carbons (Fsp3) is 0.0769. The van der Waals surface area contributed by atoms with Crippen LogP contribution < -0.4 is 0 Å². The molecule has 104 valence electrons. The highest BCUT2D eigenvalue weighted by Gasteiger charge is 2.21. The Morgan fingerprint density at radius 3 is 2.20 bits per heavy atom. The van der Waals surface area contributed by atoms with Gasteiger partial charge >= 0.3 is 5.97 Å². The van der Waals surface area contributed by atoms with Crippen LogP contribution in [-0.4, -0.2) is 21.4 Å². The Balaban J connectivity index is 2.75. The summed E-state index contributed by atoms with van der Waals surface area (Å²) >= 11 is 2.94. The Kier molecular flexibility index (Phi) is 3.71. The minimum atomic E-state index is -1.39. The Labute approximate surface area is 120 Å². The molecular weight excluding hydrogens is 336 g/mol. The second-order valence-electron chi connectivity index (χ2n) is 4.06. The van der Waals surface area contributed by atoms with Gasteiger partial charge in [-0.3, -0.25) is 4.79 Å². The van der Waals surface area contributed by atoms with Crippen LogP contribution in [0.15, 0.2) is 28.9 Å².